The zero-order chi connectivity index (χ0) is 14.3. The Balaban J connectivity index is 3.23. The first kappa shape index (κ1) is 15.6. The van der Waals surface area contributed by atoms with Crippen LogP contribution >= 0.6 is 0 Å². The van der Waals surface area contributed by atoms with Crippen molar-refractivity contribution in [2.24, 2.45) is 0 Å². The van der Waals surface area contributed by atoms with Gasteiger partial charge in [-0.3, -0.25) is 4.79 Å². The second-order valence-electron chi connectivity index (χ2n) is 4.14. The van der Waals surface area contributed by atoms with Crippen LogP contribution in [0.3, 0.4) is 0 Å². The van der Waals surface area contributed by atoms with Crippen molar-refractivity contribution in [3.8, 4) is 5.75 Å². The van der Waals surface area contributed by atoms with Gasteiger partial charge in [-0.05, 0) is 17.7 Å². The molecule has 0 aliphatic carbocycles. The molecule has 0 fully saturated rings. The molecule has 106 valence electrons. The van der Waals surface area contributed by atoms with Gasteiger partial charge in [-0.25, -0.2) is 0 Å². The van der Waals surface area contributed by atoms with Crippen molar-refractivity contribution < 1.29 is 23.7 Å². The summed E-state index contributed by atoms with van der Waals surface area (Å²) in [6.07, 6.45) is 0. The van der Waals surface area contributed by atoms with E-state index in [1.165, 1.54) is 6.92 Å². The third kappa shape index (κ3) is 4.63. The average molecular weight is 268 g/mol. The van der Waals surface area contributed by atoms with Crippen molar-refractivity contribution in [3.63, 3.8) is 0 Å². The fourth-order valence-corrected chi connectivity index (χ4v) is 1.88. The molecule has 0 radical (unpaired) electrons. The summed E-state index contributed by atoms with van der Waals surface area (Å²) in [5, 5.41) is 0. The second-order valence-corrected chi connectivity index (χ2v) is 4.14. The van der Waals surface area contributed by atoms with Crippen LogP contribution in [0.5, 0.6) is 5.75 Å². The van der Waals surface area contributed by atoms with Crippen LogP contribution in [0.15, 0.2) is 12.1 Å². The van der Waals surface area contributed by atoms with E-state index < -0.39 is 0 Å². The Morgan fingerprint density at radius 3 is 1.79 bits per heavy atom. The monoisotopic (exact) mass is 268 g/mol. The highest BCUT2D eigenvalue weighted by molar-refractivity contribution is 5.70. The topological polar surface area (TPSA) is 54.0 Å². The summed E-state index contributed by atoms with van der Waals surface area (Å²) in [5.41, 5.74) is 2.59. The molecule has 0 aliphatic rings. The number of hydrogen-bond donors (Lipinski definition) is 0. The minimum absolute atomic E-state index is 0.358. The van der Waals surface area contributed by atoms with E-state index in [0.29, 0.717) is 25.6 Å². The van der Waals surface area contributed by atoms with Crippen molar-refractivity contribution in [3.05, 3.63) is 28.8 Å². The third-order valence-electron chi connectivity index (χ3n) is 2.46. The summed E-state index contributed by atoms with van der Waals surface area (Å²) in [5.74, 6) is 0.144. The van der Waals surface area contributed by atoms with Crippen LogP contribution < -0.4 is 4.74 Å². The number of ether oxygens (including phenoxy) is 4. The molecule has 0 amide bonds. The summed E-state index contributed by atoms with van der Waals surface area (Å²) >= 11 is 0. The molecule has 0 atom stereocenters. The van der Waals surface area contributed by atoms with Crippen LogP contribution in [0.4, 0.5) is 0 Å². The molecule has 1 aromatic carbocycles. The molecule has 0 saturated carbocycles. The largest absolute Gasteiger partial charge is 0.426 e. The fraction of sp³-hybridized carbons (Fsp3) is 0.500. The summed E-state index contributed by atoms with van der Waals surface area (Å²) in [7, 11) is 4.82. The van der Waals surface area contributed by atoms with Crippen LogP contribution in [0, 0.1) is 0 Å². The number of methoxy groups -OCH3 is 3. The quantitative estimate of drug-likeness (QED) is 0.559. The van der Waals surface area contributed by atoms with E-state index in [4.69, 9.17) is 18.9 Å². The normalized spacial score (nSPS) is 10.5. The zero-order valence-corrected chi connectivity index (χ0v) is 11.8. The molecule has 1 aromatic rings. The predicted octanol–water partition coefficient (Wildman–Crippen LogP) is 2.05. The molecule has 0 heterocycles. The highest BCUT2D eigenvalue weighted by Crippen LogP contribution is 2.28. The average Bonchev–Trinajstić information content (AvgIpc) is 2.34. The molecule has 0 bridgehead atoms. The van der Waals surface area contributed by atoms with Gasteiger partial charge in [-0.15, -0.1) is 0 Å². The maximum absolute atomic E-state index is 11.2. The molecule has 19 heavy (non-hydrogen) atoms. The molecule has 0 saturated heterocycles. The van der Waals surface area contributed by atoms with E-state index in [1.54, 1.807) is 21.3 Å². The number of esters is 1. The first-order chi connectivity index (χ1) is 9.12. The maximum Gasteiger partial charge on any atom is 0.308 e. The zero-order valence-electron chi connectivity index (χ0n) is 11.8. The van der Waals surface area contributed by atoms with Crippen molar-refractivity contribution in [2.75, 3.05) is 21.3 Å². The van der Waals surface area contributed by atoms with Crippen molar-refractivity contribution in [1.82, 2.24) is 0 Å². The lowest BCUT2D eigenvalue weighted by Gasteiger charge is -2.15. The Morgan fingerprint density at radius 2 is 1.42 bits per heavy atom. The molecule has 5 heteroatoms. The lowest BCUT2D eigenvalue weighted by atomic mass is 10.0. The van der Waals surface area contributed by atoms with Gasteiger partial charge in [0.1, 0.15) is 5.75 Å². The van der Waals surface area contributed by atoms with Crippen molar-refractivity contribution in [2.45, 2.75) is 26.7 Å². The van der Waals surface area contributed by atoms with Gasteiger partial charge in [0.15, 0.2) is 0 Å². The lowest BCUT2D eigenvalue weighted by Crippen LogP contribution is -2.09. The Labute approximate surface area is 113 Å². The molecule has 5 nitrogen and oxygen atoms in total. The Morgan fingerprint density at radius 1 is 0.947 bits per heavy atom. The van der Waals surface area contributed by atoms with Gasteiger partial charge in [0.05, 0.1) is 19.8 Å². The van der Waals surface area contributed by atoms with E-state index >= 15 is 0 Å². The highest BCUT2D eigenvalue weighted by Gasteiger charge is 2.14. The van der Waals surface area contributed by atoms with Gasteiger partial charge >= 0.3 is 5.97 Å². The number of hydrogen-bond acceptors (Lipinski definition) is 5. The van der Waals surface area contributed by atoms with Gasteiger partial charge < -0.3 is 18.9 Å². The molecule has 0 unspecified atom stereocenters. The van der Waals surface area contributed by atoms with Crippen molar-refractivity contribution in [1.29, 1.82) is 0 Å². The smallest absolute Gasteiger partial charge is 0.308 e. The van der Waals surface area contributed by atoms with Crippen LogP contribution in [-0.4, -0.2) is 27.3 Å². The maximum atomic E-state index is 11.2. The first-order valence-corrected chi connectivity index (χ1v) is 5.92. The van der Waals surface area contributed by atoms with Gasteiger partial charge in [0, 0.05) is 39.4 Å². The van der Waals surface area contributed by atoms with E-state index in [1.807, 2.05) is 12.1 Å². The SMILES string of the molecule is COCc1cc(COC)c(OC(C)=O)c(COC)c1. The second kappa shape index (κ2) is 7.89. The molecule has 0 spiro atoms. The predicted molar refractivity (Wildman–Crippen MR) is 69.9 cm³/mol. The number of rotatable bonds is 7. The summed E-state index contributed by atoms with van der Waals surface area (Å²) in [4.78, 5) is 11.2. The standard InChI is InChI=1S/C14H20O5/c1-10(15)19-14-12(8-17-3)5-11(7-16-2)6-13(14)9-18-4/h5-6H,7-9H2,1-4H3. The third-order valence-corrected chi connectivity index (χ3v) is 2.46. The molecule has 1 rings (SSSR count). The summed E-state index contributed by atoms with van der Waals surface area (Å²) < 4.78 is 20.7. The molecular formula is C14H20O5. The van der Waals surface area contributed by atoms with Gasteiger partial charge in [-0.2, -0.15) is 0 Å². The number of carbonyl (C=O) groups excluding carboxylic acids is 1. The minimum atomic E-state index is -0.366. The molecule has 0 aliphatic heterocycles. The molecule has 0 N–H and O–H groups in total. The number of carbonyl (C=O) groups is 1. The fourth-order valence-electron chi connectivity index (χ4n) is 1.88. The Kier molecular flexibility index (Phi) is 6.49. The molecule has 0 aromatic heterocycles. The molecular weight excluding hydrogens is 248 g/mol. The van der Waals surface area contributed by atoms with E-state index in [0.717, 1.165) is 16.7 Å². The highest BCUT2D eigenvalue weighted by atomic mass is 16.5. The Bertz CT molecular complexity index is 401. The van der Waals surface area contributed by atoms with Crippen LogP contribution in [0.1, 0.15) is 23.6 Å². The van der Waals surface area contributed by atoms with Crippen molar-refractivity contribution >= 4 is 5.97 Å². The minimum Gasteiger partial charge on any atom is -0.426 e. The first-order valence-electron chi connectivity index (χ1n) is 5.92. The number of benzene rings is 1. The van der Waals surface area contributed by atoms with E-state index in [-0.39, 0.29) is 5.97 Å². The van der Waals surface area contributed by atoms with Crippen LogP contribution in [0.2, 0.25) is 0 Å². The Hall–Kier alpha value is -1.43. The summed E-state index contributed by atoms with van der Waals surface area (Å²) in [6, 6.07) is 3.81. The summed E-state index contributed by atoms with van der Waals surface area (Å²) in [6.45, 7) is 2.57. The van der Waals surface area contributed by atoms with Gasteiger partial charge in [0.2, 0.25) is 0 Å². The lowest BCUT2D eigenvalue weighted by molar-refractivity contribution is -0.132. The van der Waals surface area contributed by atoms with Crippen LogP contribution in [0.25, 0.3) is 0 Å². The van der Waals surface area contributed by atoms with E-state index in [2.05, 4.69) is 0 Å². The van der Waals surface area contributed by atoms with Crippen LogP contribution in [-0.2, 0) is 38.8 Å². The van der Waals surface area contributed by atoms with Gasteiger partial charge in [-0.1, -0.05) is 0 Å². The van der Waals surface area contributed by atoms with Gasteiger partial charge in [0.25, 0.3) is 0 Å². The van der Waals surface area contributed by atoms with E-state index in [9.17, 15) is 4.79 Å².